The summed E-state index contributed by atoms with van der Waals surface area (Å²) in [5.41, 5.74) is 3.56. The number of aryl methyl sites for hydroxylation is 1. The number of carbonyl (C=O) groups is 1. The maximum absolute atomic E-state index is 10.8. The van der Waals surface area contributed by atoms with Crippen LogP contribution in [0.2, 0.25) is 5.02 Å². The fourth-order valence-electron chi connectivity index (χ4n) is 2.15. The molecular formula is C18H19ClO2S. The predicted octanol–water partition coefficient (Wildman–Crippen LogP) is 4.23. The fourth-order valence-corrected chi connectivity index (χ4v) is 3.29. The first kappa shape index (κ1) is 17.1. The zero-order valence-electron chi connectivity index (χ0n) is 12.2. The zero-order chi connectivity index (χ0) is 15.8. The molecule has 0 aromatic heterocycles. The first-order valence-corrected chi connectivity index (χ1v) is 8.68. The standard InChI is InChI=1S/C18H19ClO2S/c19-17-7-5-16(6-8-17)15-3-1-14(2-4-15)10-12-22-18(13-21)9-11-20/h1-8,13,18,20H,9-12H2. The van der Waals surface area contributed by atoms with Crippen molar-refractivity contribution in [3.63, 3.8) is 0 Å². The van der Waals surface area contributed by atoms with Crippen LogP contribution in [0.1, 0.15) is 12.0 Å². The fraction of sp³-hybridized carbons (Fsp3) is 0.278. The van der Waals surface area contributed by atoms with E-state index in [2.05, 4.69) is 24.3 Å². The molecule has 0 aliphatic rings. The van der Waals surface area contributed by atoms with Crippen LogP contribution >= 0.6 is 23.4 Å². The van der Waals surface area contributed by atoms with Crippen LogP contribution in [0, 0.1) is 0 Å². The number of carbonyl (C=O) groups excluding carboxylic acids is 1. The summed E-state index contributed by atoms with van der Waals surface area (Å²) < 4.78 is 0. The Morgan fingerprint density at radius 2 is 1.64 bits per heavy atom. The van der Waals surface area contributed by atoms with Crippen molar-refractivity contribution >= 4 is 29.6 Å². The minimum absolute atomic E-state index is 0.0617. The van der Waals surface area contributed by atoms with Gasteiger partial charge < -0.3 is 9.90 Å². The quantitative estimate of drug-likeness (QED) is 0.734. The molecule has 0 radical (unpaired) electrons. The van der Waals surface area contributed by atoms with E-state index in [0.717, 1.165) is 29.0 Å². The number of benzene rings is 2. The van der Waals surface area contributed by atoms with Crippen molar-refractivity contribution in [2.45, 2.75) is 18.1 Å². The third kappa shape index (κ3) is 5.16. The molecule has 0 aliphatic carbocycles. The van der Waals surface area contributed by atoms with E-state index in [0.29, 0.717) is 6.42 Å². The van der Waals surface area contributed by atoms with Gasteiger partial charge in [0.1, 0.15) is 6.29 Å². The van der Waals surface area contributed by atoms with E-state index in [1.165, 1.54) is 11.1 Å². The molecule has 116 valence electrons. The highest BCUT2D eigenvalue weighted by Gasteiger charge is 2.06. The summed E-state index contributed by atoms with van der Waals surface area (Å²) in [4.78, 5) is 10.8. The second-order valence-corrected chi connectivity index (χ2v) is 6.79. The van der Waals surface area contributed by atoms with Crippen LogP contribution in [0.4, 0.5) is 0 Å². The molecule has 0 aliphatic heterocycles. The summed E-state index contributed by atoms with van der Waals surface area (Å²) in [6, 6.07) is 16.2. The largest absolute Gasteiger partial charge is 0.396 e. The highest BCUT2D eigenvalue weighted by Crippen LogP contribution is 2.22. The Morgan fingerprint density at radius 1 is 1.05 bits per heavy atom. The van der Waals surface area contributed by atoms with E-state index in [9.17, 15) is 4.79 Å². The molecule has 1 unspecified atom stereocenters. The van der Waals surface area contributed by atoms with E-state index in [-0.39, 0.29) is 11.9 Å². The molecule has 2 rings (SSSR count). The summed E-state index contributed by atoms with van der Waals surface area (Å²) >= 11 is 7.50. The zero-order valence-corrected chi connectivity index (χ0v) is 13.8. The average molecular weight is 335 g/mol. The molecule has 0 heterocycles. The molecule has 22 heavy (non-hydrogen) atoms. The van der Waals surface area contributed by atoms with E-state index < -0.39 is 0 Å². The smallest absolute Gasteiger partial charge is 0.133 e. The Hall–Kier alpha value is -1.29. The minimum Gasteiger partial charge on any atom is -0.396 e. The van der Waals surface area contributed by atoms with Gasteiger partial charge in [-0.3, -0.25) is 0 Å². The second-order valence-electron chi connectivity index (χ2n) is 5.01. The van der Waals surface area contributed by atoms with Crippen LogP contribution in [0.15, 0.2) is 48.5 Å². The van der Waals surface area contributed by atoms with Crippen LogP contribution in [0.3, 0.4) is 0 Å². The Bertz CT molecular complexity index is 581. The summed E-state index contributed by atoms with van der Waals surface area (Å²) in [6.45, 7) is 0.0617. The SMILES string of the molecule is O=CC(CCO)SCCc1ccc(-c2ccc(Cl)cc2)cc1. The van der Waals surface area contributed by atoms with Gasteiger partial charge in [-0.25, -0.2) is 0 Å². The van der Waals surface area contributed by atoms with Gasteiger partial charge in [-0.1, -0.05) is 48.0 Å². The molecule has 2 aromatic rings. The average Bonchev–Trinajstić information content (AvgIpc) is 2.55. The van der Waals surface area contributed by atoms with Gasteiger partial charge >= 0.3 is 0 Å². The van der Waals surface area contributed by atoms with Crippen molar-refractivity contribution < 1.29 is 9.90 Å². The minimum atomic E-state index is -0.0988. The lowest BCUT2D eigenvalue weighted by atomic mass is 10.0. The number of thioether (sulfide) groups is 1. The topological polar surface area (TPSA) is 37.3 Å². The van der Waals surface area contributed by atoms with Gasteiger partial charge in [0.2, 0.25) is 0 Å². The third-order valence-corrected chi connectivity index (χ3v) is 4.89. The van der Waals surface area contributed by atoms with E-state index in [4.69, 9.17) is 16.7 Å². The lowest BCUT2D eigenvalue weighted by Crippen LogP contribution is -2.08. The second kappa shape index (κ2) is 8.99. The van der Waals surface area contributed by atoms with Crippen LogP contribution < -0.4 is 0 Å². The van der Waals surface area contributed by atoms with Crippen LogP contribution in [-0.2, 0) is 11.2 Å². The first-order chi connectivity index (χ1) is 10.7. The molecule has 0 saturated carbocycles. The summed E-state index contributed by atoms with van der Waals surface area (Å²) in [7, 11) is 0. The van der Waals surface area contributed by atoms with Crippen molar-refractivity contribution in [3.05, 3.63) is 59.1 Å². The van der Waals surface area contributed by atoms with E-state index >= 15 is 0 Å². The van der Waals surface area contributed by atoms with Crippen LogP contribution in [0.25, 0.3) is 11.1 Å². The molecule has 0 bridgehead atoms. The Morgan fingerprint density at radius 3 is 2.18 bits per heavy atom. The maximum Gasteiger partial charge on any atom is 0.133 e. The lowest BCUT2D eigenvalue weighted by molar-refractivity contribution is -0.107. The van der Waals surface area contributed by atoms with E-state index in [1.807, 2.05) is 24.3 Å². The van der Waals surface area contributed by atoms with Gasteiger partial charge in [0.25, 0.3) is 0 Å². The van der Waals surface area contributed by atoms with E-state index in [1.54, 1.807) is 11.8 Å². The molecule has 4 heteroatoms. The molecule has 0 fully saturated rings. The highest BCUT2D eigenvalue weighted by molar-refractivity contribution is 8.00. The number of hydrogen-bond acceptors (Lipinski definition) is 3. The molecule has 1 N–H and O–H groups in total. The van der Waals surface area contributed by atoms with Gasteiger partial charge in [-0.15, -0.1) is 0 Å². The summed E-state index contributed by atoms with van der Waals surface area (Å²) in [6.07, 6.45) is 2.37. The molecule has 2 nitrogen and oxygen atoms in total. The highest BCUT2D eigenvalue weighted by atomic mass is 35.5. The Balaban J connectivity index is 1.89. The Kier molecular flexibility index (Phi) is 6.97. The number of rotatable bonds is 8. The van der Waals surface area contributed by atoms with Gasteiger partial charge in [-0.2, -0.15) is 11.8 Å². The number of aliphatic hydroxyl groups excluding tert-OH is 1. The monoisotopic (exact) mass is 334 g/mol. The number of aliphatic hydroxyl groups is 1. The molecular weight excluding hydrogens is 316 g/mol. The third-order valence-electron chi connectivity index (χ3n) is 3.42. The number of aldehydes is 1. The lowest BCUT2D eigenvalue weighted by Gasteiger charge is -2.08. The summed E-state index contributed by atoms with van der Waals surface area (Å²) in [5, 5.41) is 9.50. The number of hydrogen-bond donors (Lipinski definition) is 1. The normalized spacial score (nSPS) is 12.1. The van der Waals surface area contributed by atoms with Crippen LogP contribution in [-0.4, -0.2) is 29.0 Å². The van der Waals surface area contributed by atoms with Crippen molar-refractivity contribution in [1.82, 2.24) is 0 Å². The molecule has 0 saturated heterocycles. The Labute approximate surface area is 140 Å². The molecule has 0 spiro atoms. The van der Waals surface area contributed by atoms with Crippen molar-refractivity contribution in [2.24, 2.45) is 0 Å². The van der Waals surface area contributed by atoms with Crippen LogP contribution in [0.5, 0.6) is 0 Å². The first-order valence-electron chi connectivity index (χ1n) is 7.25. The summed E-state index contributed by atoms with van der Waals surface area (Å²) in [5.74, 6) is 0.879. The van der Waals surface area contributed by atoms with Gasteiger partial charge in [0.15, 0.2) is 0 Å². The maximum atomic E-state index is 10.8. The van der Waals surface area contributed by atoms with Gasteiger partial charge in [-0.05, 0) is 47.4 Å². The molecule has 0 amide bonds. The van der Waals surface area contributed by atoms with Gasteiger partial charge in [0, 0.05) is 11.6 Å². The van der Waals surface area contributed by atoms with Gasteiger partial charge in [0.05, 0.1) is 5.25 Å². The molecule has 2 aromatic carbocycles. The van der Waals surface area contributed by atoms with Crippen molar-refractivity contribution in [1.29, 1.82) is 0 Å². The van der Waals surface area contributed by atoms with Crippen molar-refractivity contribution in [2.75, 3.05) is 12.4 Å². The van der Waals surface area contributed by atoms with Crippen molar-refractivity contribution in [3.8, 4) is 11.1 Å². The molecule has 1 atom stereocenters. The predicted molar refractivity (Wildman–Crippen MR) is 94.6 cm³/mol. The number of halogens is 1.